The van der Waals surface area contributed by atoms with Gasteiger partial charge in [0.2, 0.25) is 0 Å². The molecule has 2 heteroatoms. The summed E-state index contributed by atoms with van der Waals surface area (Å²) in [7, 11) is 4.45. The average Bonchev–Trinajstić information content (AvgIpc) is 2.40. The van der Waals surface area contributed by atoms with Crippen molar-refractivity contribution in [2.24, 2.45) is 17.8 Å². The Morgan fingerprint density at radius 1 is 0.947 bits per heavy atom. The summed E-state index contributed by atoms with van der Waals surface area (Å²) in [6.45, 7) is 1.26. The Kier molecular flexibility index (Phi) is 4.92. The van der Waals surface area contributed by atoms with Crippen LogP contribution in [0.25, 0.3) is 0 Å². The average molecular weight is 280 g/mol. The van der Waals surface area contributed by atoms with Gasteiger partial charge in [0.05, 0.1) is 0 Å². The normalized spacial score (nSPS) is 33.2. The Bertz CT molecular complexity index is 382. The zero-order valence-electron chi connectivity index (χ0n) is 12.1. The predicted molar refractivity (Wildman–Crippen MR) is 83.9 cm³/mol. The van der Waals surface area contributed by atoms with Gasteiger partial charge in [-0.25, -0.2) is 0 Å². The second-order valence-electron chi connectivity index (χ2n) is 6.54. The van der Waals surface area contributed by atoms with Crippen molar-refractivity contribution >= 4 is 12.4 Å². The fourth-order valence-corrected chi connectivity index (χ4v) is 4.45. The molecule has 2 unspecified atom stereocenters. The maximum Gasteiger partial charge on any atom is 0.00122 e. The van der Waals surface area contributed by atoms with Crippen LogP contribution in [-0.2, 0) is 0 Å². The van der Waals surface area contributed by atoms with E-state index in [0.29, 0.717) is 0 Å². The van der Waals surface area contributed by atoms with Crippen molar-refractivity contribution in [1.29, 1.82) is 0 Å². The molecule has 3 aliphatic rings. The predicted octanol–water partition coefficient (Wildman–Crippen LogP) is 4.19. The molecule has 19 heavy (non-hydrogen) atoms. The molecule has 0 N–H and O–H groups in total. The van der Waals surface area contributed by atoms with Gasteiger partial charge in [0, 0.05) is 6.54 Å². The molecule has 106 valence electrons. The van der Waals surface area contributed by atoms with Crippen LogP contribution in [0.5, 0.6) is 0 Å². The molecule has 0 aromatic heterocycles. The Labute approximate surface area is 123 Å². The van der Waals surface area contributed by atoms with E-state index in [-0.39, 0.29) is 12.4 Å². The fourth-order valence-electron chi connectivity index (χ4n) is 4.45. The largest absolute Gasteiger partial charge is 0.309 e. The lowest BCUT2D eigenvalue weighted by molar-refractivity contribution is 0.0507. The summed E-state index contributed by atoms with van der Waals surface area (Å²) in [4.78, 5) is 2.39. The van der Waals surface area contributed by atoms with Gasteiger partial charge in [-0.1, -0.05) is 30.3 Å². The highest BCUT2D eigenvalue weighted by atomic mass is 35.5. The SMILES string of the molecule is CN(C)CC1C2CCC(CC2)C1c1ccccc1.Cl. The van der Waals surface area contributed by atoms with E-state index in [2.05, 4.69) is 49.3 Å². The quantitative estimate of drug-likeness (QED) is 0.802. The molecule has 2 bridgehead atoms. The third-order valence-electron chi connectivity index (χ3n) is 5.15. The van der Waals surface area contributed by atoms with Crippen molar-refractivity contribution in [3.05, 3.63) is 35.9 Å². The van der Waals surface area contributed by atoms with Crippen molar-refractivity contribution < 1.29 is 0 Å². The first-order chi connectivity index (χ1) is 8.75. The monoisotopic (exact) mass is 279 g/mol. The van der Waals surface area contributed by atoms with Crippen LogP contribution >= 0.6 is 12.4 Å². The number of rotatable bonds is 3. The van der Waals surface area contributed by atoms with Crippen LogP contribution in [0.2, 0.25) is 0 Å². The van der Waals surface area contributed by atoms with Gasteiger partial charge in [0.25, 0.3) is 0 Å². The third-order valence-corrected chi connectivity index (χ3v) is 5.15. The Morgan fingerprint density at radius 3 is 2.11 bits per heavy atom. The molecule has 4 rings (SSSR count). The first-order valence-electron chi connectivity index (χ1n) is 7.45. The number of halogens is 1. The lowest BCUT2D eigenvalue weighted by atomic mass is 9.57. The molecule has 1 aromatic rings. The van der Waals surface area contributed by atoms with Gasteiger partial charge in [-0.3, -0.25) is 0 Å². The van der Waals surface area contributed by atoms with Crippen LogP contribution < -0.4 is 0 Å². The topological polar surface area (TPSA) is 3.24 Å². The second-order valence-corrected chi connectivity index (χ2v) is 6.54. The van der Waals surface area contributed by atoms with Crippen molar-refractivity contribution in [3.63, 3.8) is 0 Å². The van der Waals surface area contributed by atoms with Gasteiger partial charge in [0.15, 0.2) is 0 Å². The van der Waals surface area contributed by atoms with Crippen molar-refractivity contribution in [1.82, 2.24) is 4.90 Å². The molecule has 0 saturated heterocycles. The highest BCUT2D eigenvalue weighted by Gasteiger charge is 2.43. The summed E-state index contributed by atoms with van der Waals surface area (Å²) in [5, 5.41) is 0. The number of nitrogens with zero attached hydrogens (tertiary/aromatic N) is 1. The summed E-state index contributed by atoms with van der Waals surface area (Å²) >= 11 is 0. The molecule has 3 saturated carbocycles. The molecule has 1 aromatic carbocycles. The first kappa shape index (κ1) is 14.9. The second kappa shape index (κ2) is 6.28. The van der Waals surface area contributed by atoms with Gasteiger partial charge in [-0.15, -0.1) is 12.4 Å². The zero-order chi connectivity index (χ0) is 12.5. The number of hydrogen-bond donors (Lipinski definition) is 0. The standard InChI is InChI=1S/C17H25N.ClH/c1-18(2)12-16-13-8-10-15(11-9-13)17(16)14-6-4-3-5-7-14;/h3-7,13,15-17H,8-12H2,1-2H3;1H. The molecule has 1 nitrogen and oxygen atoms in total. The lowest BCUT2D eigenvalue weighted by Gasteiger charge is -2.50. The van der Waals surface area contributed by atoms with Crippen LogP contribution in [0.1, 0.15) is 37.2 Å². The molecule has 0 spiro atoms. The molecule has 3 aliphatic carbocycles. The number of benzene rings is 1. The van der Waals surface area contributed by atoms with Crippen LogP contribution in [0.15, 0.2) is 30.3 Å². The smallest absolute Gasteiger partial charge is 0.00122 e. The van der Waals surface area contributed by atoms with Crippen molar-refractivity contribution in [2.75, 3.05) is 20.6 Å². The van der Waals surface area contributed by atoms with E-state index in [1.165, 1.54) is 32.2 Å². The zero-order valence-corrected chi connectivity index (χ0v) is 12.9. The van der Waals surface area contributed by atoms with E-state index in [1.54, 1.807) is 5.56 Å². The van der Waals surface area contributed by atoms with Gasteiger partial charge < -0.3 is 4.90 Å². The molecule has 0 radical (unpaired) electrons. The first-order valence-corrected chi connectivity index (χ1v) is 7.45. The van der Waals surface area contributed by atoms with Gasteiger partial charge in [0.1, 0.15) is 0 Å². The molecular formula is C17H26ClN. The maximum absolute atomic E-state index is 2.39. The van der Waals surface area contributed by atoms with E-state index in [1.807, 2.05) is 0 Å². The molecule has 2 atom stereocenters. The maximum atomic E-state index is 2.39. The van der Waals surface area contributed by atoms with Crippen LogP contribution in [0.4, 0.5) is 0 Å². The molecule has 0 heterocycles. The van der Waals surface area contributed by atoms with E-state index >= 15 is 0 Å². The highest BCUT2D eigenvalue weighted by Crippen LogP contribution is 2.53. The summed E-state index contributed by atoms with van der Waals surface area (Å²) in [6, 6.07) is 11.3. The third kappa shape index (κ3) is 2.98. The lowest BCUT2D eigenvalue weighted by Crippen LogP contribution is -2.43. The highest BCUT2D eigenvalue weighted by molar-refractivity contribution is 5.85. The summed E-state index contributed by atoms with van der Waals surface area (Å²) in [5.74, 6) is 3.63. The Hall–Kier alpha value is -0.530. The minimum atomic E-state index is 0. The summed E-state index contributed by atoms with van der Waals surface area (Å²) in [6.07, 6.45) is 5.89. The van der Waals surface area contributed by atoms with Crippen molar-refractivity contribution in [2.45, 2.75) is 31.6 Å². The van der Waals surface area contributed by atoms with E-state index in [9.17, 15) is 0 Å². The minimum absolute atomic E-state index is 0. The van der Waals surface area contributed by atoms with E-state index in [0.717, 1.165) is 23.7 Å². The van der Waals surface area contributed by atoms with Crippen LogP contribution in [-0.4, -0.2) is 25.5 Å². The van der Waals surface area contributed by atoms with Crippen LogP contribution in [0.3, 0.4) is 0 Å². The molecule has 0 aliphatic heterocycles. The van der Waals surface area contributed by atoms with E-state index in [4.69, 9.17) is 0 Å². The van der Waals surface area contributed by atoms with Crippen molar-refractivity contribution in [3.8, 4) is 0 Å². The van der Waals surface area contributed by atoms with E-state index < -0.39 is 0 Å². The molecule has 3 fully saturated rings. The minimum Gasteiger partial charge on any atom is -0.309 e. The van der Waals surface area contributed by atoms with Gasteiger partial charge in [-0.05, 0) is 69.0 Å². The molecule has 0 amide bonds. The summed E-state index contributed by atoms with van der Waals surface area (Å²) in [5.41, 5.74) is 1.60. The summed E-state index contributed by atoms with van der Waals surface area (Å²) < 4.78 is 0. The van der Waals surface area contributed by atoms with Gasteiger partial charge in [-0.2, -0.15) is 0 Å². The molecular weight excluding hydrogens is 254 g/mol. The Morgan fingerprint density at radius 2 is 1.53 bits per heavy atom. The van der Waals surface area contributed by atoms with Gasteiger partial charge >= 0.3 is 0 Å². The number of hydrogen-bond acceptors (Lipinski definition) is 1. The number of fused-ring (bicyclic) bond motifs is 3. The fraction of sp³-hybridized carbons (Fsp3) is 0.647. The van der Waals surface area contributed by atoms with Crippen LogP contribution in [0, 0.1) is 17.8 Å². The Balaban J connectivity index is 0.00000133.